The van der Waals surface area contributed by atoms with Crippen LogP contribution < -0.4 is 0 Å². The fraction of sp³-hybridized carbons (Fsp3) is 0.222. The summed E-state index contributed by atoms with van der Waals surface area (Å²) in [4.78, 5) is 12.2. The summed E-state index contributed by atoms with van der Waals surface area (Å²) in [5.74, 6) is -0.370. The summed E-state index contributed by atoms with van der Waals surface area (Å²) >= 11 is 0. The summed E-state index contributed by atoms with van der Waals surface area (Å²) < 4.78 is 0. The molecule has 1 atom stereocenters. The Kier molecular flexibility index (Phi) is 4.68. The molecule has 0 radical (unpaired) electrons. The molecule has 0 aliphatic carbocycles. The molecule has 2 nitrogen and oxygen atoms in total. The molecule has 0 heterocycles. The molecule has 0 N–H and O–H groups in total. The third kappa shape index (κ3) is 3.33. The van der Waals surface area contributed by atoms with Crippen molar-refractivity contribution < 1.29 is 4.79 Å². The predicted molar refractivity (Wildman–Crippen MR) is 79.6 cm³/mol. The van der Waals surface area contributed by atoms with E-state index in [1.54, 1.807) is 12.1 Å². The Morgan fingerprint density at radius 3 is 2.30 bits per heavy atom. The molecule has 20 heavy (non-hydrogen) atoms. The van der Waals surface area contributed by atoms with Crippen LogP contribution in [-0.4, -0.2) is 5.78 Å². The zero-order valence-electron chi connectivity index (χ0n) is 11.5. The van der Waals surface area contributed by atoms with E-state index in [9.17, 15) is 10.1 Å². The summed E-state index contributed by atoms with van der Waals surface area (Å²) in [5, 5.41) is 9.30. The fourth-order valence-electron chi connectivity index (χ4n) is 2.15. The van der Waals surface area contributed by atoms with Crippen LogP contribution in [0.4, 0.5) is 0 Å². The van der Waals surface area contributed by atoms with Crippen molar-refractivity contribution in [3.8, 4) is 6.07 Å². The van der Waals surface area contributed by atoms with Gasteiger partial charge < -0.3 is 0 Å². The Balaban J connectivity index is 2.13. The van der Waals surface area contributed by atoms with E-state index in [0.717, 1.165) is 12.0 Å². The average Bonchev–Trinajstić information content (AvgIpc) is 2.53. The molecule has 0 amide bonds. The number of carbonyl (C=O) groups is 1. The lowest BCUT2D eigenvalue weighted by Crippen LogP contribution is -2.06. The number of ketones is 1. The molecular weight excluding hydrogens is 246 g/mol. The number of benzene rings is 2. The van der Waals surface area contributed by atoms with Crippen molar-refractivity contribution in [1.29, 1.82) is 5.26 Å². The van der Waals surface area contributed by atoms with Crippen molar-refractivity contribution in [2.75, 3.05) is 0 Å². The van der Waals surface area contributed by atoms with Gasteiger partial charge in [-0.3, -0.25) is 4.79 Å². The van der Waals surface area contributed by atoms with Crippen molar-refractivity contribution in [2.24, 2.45) is 0 Å². The topological polar surface area (TPSA) is 40.9 Å². The van der Waals surface area contributed by atoms with E-state index in [1.165, 1.54) is 5.56 Å². The summed E-state index contributed by atoms with van der Waals surface area (Å²) in [6.45, 7) is 2.09. The smallest absolute Gasteiger partial charge is 0.164 e. The molecule has 100 valence electrons. The first-order chi connectivity index (χ1) is 9.74. The minimum atomic E-state index is -0.381. The van der Waals surface area contributed by atoms with Gasteiger partial charge in [-0.05, 0) is 17.5 Å². The maximum Gasteiger partial charge on any atom is 0.164 e. The second-order valence-electron chi connectivity index (χ2n) is 4.77. The first-order valence-electron chi connectivity index (χ1n) is 6.81. The van der Waals surface area contributed by atoms with Gasteiger partial charge in [0.25, 0.3) is 0 Å². The van der Waals surface area contributed by atoms with E-state index in [2.05, 4.69) is 13.0 Å². The van der Waals surface area contributed by atoms with Crippen molar-refractivity contribution in [2.45, 2.75) is 25.7 Å². The summed E-state index contributed by atoms with van der Waals surface area (Å²) in [6.07, 6.45) is 1.20. The number of nitrogens with zero attached hydrogens (tertiary/aromatic N) is 1. The van der Waals surface area contributed by atoms with Gasteiger partial charge in [-0.15, -0.1) is 0 Å². The standard InChI is InChI=1S/C18H17NO/c1-2-14-8-10-15(11-9-14)17(13-19)12-18(20)16-6-4-3-5-7-16/h3-11,17H,2,12H2,1H3. The van der Waals surface area contributed by atoms with Gasteiger partial charge in [-0.25, -0.2) is 0 Å². The first kappa shape index (κ1) is 14.0. The van der Waals surface area contributed by atoms with Crippen LogP contribution in [-0.2, 0) is 6.42 Å². The second kappa shape index (κ2) is 6.68. The van der Waals surface area contributed by atoms with Crippen molar-refractivity contribution in [3.05, 3.63) is 71.3 Å². The number of hydrogen-bond acceptors (Lipinski definition) is 2. The van der Waals surface area contributed by atoms with Gasteiger partial charge in [0, 0.05) is 12.0 Å². The van der Waals surface area contributed by atoms with Gasteiger partial charge in [0.2, 0.25) is 0 Å². The fourth-order valence-corrected chi connectivity index (χ4v) is 2.15. The highest BCUT2D eigenvalue weighted by atomic mass is 16.1. The molecular formula is C18H17NO. The van der Waals surface area contributed by atoms with E-state index >= 15 is 0 Å². The monoisotopic (exact) mass is 263 g/mol. The zero-order valence-corrected chi connectivity index (χ0v) is 11.5. The van der Waals surface area contributed by atoms with Crippen LogP contribution in [0.3, 0.4) is 0 Å². The number of rotatable bonds is 5. The molecule has 0 aliphatic rings. The van der Waals surface area contributed by atoms with Crippen LogP contribution in [0.15, 0.2) is 54.6 Å². The third-order valence-corrected chi connectivity index (χ3v) is 3.43. The lowest BCUT2D eigenvalue weighted by molar-refractivity contribution is 0.0979. The van der Waals surface area contributed by atoms with Gasteiger partial charge in [0.15, 0.2) is 5.78 Å². The van der Waals surface area contributed by atoms with E-state index < -0.39 is 0 Å². The molecule has 0 saturated heterocycles. The van der Waals surface area contributed by atoms with Gasteiger partial charge in [-0.1, -0.05) is 61.5 Å². The van der Waals surface area contributed by atoms with E-state index in [4.69, 9.17) is 0 Å². The van der Waals surface area contributed by atoms with E-state index in [0.29, 0.717) is 5.56 Å². The molecule has 2 heteroatoms. The number of carbonyl (C=O) groups excluding carboxylic acids is 1. The molecule has 1 unspecified atom stereocenters. The minimum absolute atomic E-state index is 0.0109. The number of Topliss-reactive ketones (excluding diaryl/α,β-unsaturated/α-hetero) is 1. The summed E-state index contributed by atoms with van der Waals surface area (Å²) in [5.41, 5.74) is 2.81. The van der Waals surface area contributed by atoms with Crippen LogP contribution >= 0.6 is 0 Å². The Hall–Kier alpha value is -2.40. The molecule has 0 aliphatic heterocycles. The highest BCUT2D eigenvalue weighted by Gasteiger charge is 2.16. The van der Waals surface area contributed by atoms with E-state index in [1.807, 2.05) is 42.5 Å². The van der Waals surface area contributed by atoms with Crippen molar-refractivity contribution in [1.82, 2.24) is 0 Å². The molecule has 0 bridgehead atoms. The lowest BCUT2D eigenvalue weighted by Gasteiger charge is -2.09. The largest absolute Gasteiger partial charge is 0.294 e. The summed E-state index contributed by atoms with van der Waals surface area (Å²) in [7, 11) is 0. The van der Waals surface area contributed by atoms with Gasteiger partial charge >= 0.3 is 0 Å². The normalized spacial score (nSPS) is 11.6. The molecule has 0 fully saturated rings. The second-order valence-corrected chi connectivity index (χ2v) is 4.77. The van der Waals surface area contributed by atoms with Crippen molar-refractivity contribution in [3.63, 3.8) is 0 Å². The number of hydrogen-bond donors (Lipinski definition) is 0. The summed E-state index contributed by atoms with van der Waals surface area (Å²) in [6, 6.07) is 19.3. The molecule has 2 aromatic carbocycles. The Labute approximate surface area is 119 Å². The van der Waals surface area contributed by atoms with Crippen LogP contribution in [0.5, 0.6) is 0 Å². The van der Waals surface area contributed by atoms with E-state index in [-0.39, 0.29) is 18.1 Å². The number of nitriles is 1. The molecule has 0 spiro atoms. The lowest BCUT2D eigenvalue weighted by atomic mass is 9.92. The molecule has 0 saturated carbocycles. The van der Waals surface area contributed by atoms with Crippen LogP contribution in [0, 0.1) is 11.3 Å². The SMILES string of the molecule is CCc1ccc(C(C#N)CC(=O)c2ccccc2)cc1. The van der Waals surface area contributed by atoms with Gasteiger partial charge in [0.1, 0.15) is 0 Å². The quantitative estimate of drug-likeness (QED) is 0.761. The minimum Gasteiger partial charge on any atom is -0.294 e. The predicted octanol–water partition coefficient (Wildman–Crippen LogP) is 4.13. The van der Waals surface area contributed by atoms with Crippen LogP contribution in [0.25, 0.3) is 0 Å². The Morgan fingerprint density at radius 2 is 1.75 bits per heavy atom. The van der Waals surface area contributed by atoms with Crippen LogP contribution in [0.1, 0.15) is 40.7 Å². The number of aryl methyl sites for hydroxylation is 1. The van der Waals surface area contributed by atoms with Crippen LogP contribution in [0.2, 0.25) is 0 Å². The average molecular weight is 263 g/mol. The highest BCUT2D eigenvalue weighted by Crippen LogP contribution is 2.21. The zero-order chi connectivity index (χ0) is 14.4. The molecule has 2 aromatic rings. The highest BCUT2D eigenvalue weighted by molar-refractivity contribution is 5.96. The van der Waals surface area contributed by atoms with Gasteiger partial charge in [-0.2, -0.15) is 5.26 Å². The van der Waals surface area contributed by atoms with Gasteiger partial charge in [0.05, 0.1) is 12.0 Å². The van der Waals surface area contributed by atoms with Crippen molar-refractivity contribution >= 4 is 5.78 Å². The maximum absolute atomic E-state index is 12.2. The first-order valence-corrected chi connectivity index (χ1v) is 6.81. The Bertz CT molecular complexity index is 608. The molecule has 2 rings (SSSR count). The third-order valence-electron chi connectivity index (χ3n) is 3.43. The maximum atomic E-state index is 12.2. The Morgan fingerprint density at radius 1 is 1.10 bits per heavy atom. The molecule has 0 aromatic heterocycles.